The van der Waals surface area contributed by atoms with Gasteiger partial charge in [-0.05, 0) is 12.1 Å². The largest absolute Gasteiger partial charge is 0.490 e. The van der Waals surface area contributed by atoms with E-state index in [1.807, 2.05) is 37.9 Å². The highest BCUT2D eigenvalue weighted by molar-refractivity contribution is 5.80. The molecular formula is C20H28F3N3O5. The van der Waals surface area contributed by atoms with Crippen molar-refractivity contribution < 1.29 is 37.1 Å². The number of halogens is 3. The number of carboxylic acids is 1. The Balaban J connectivity index is 0.000000423. The Morgan fingerprint density at radius 1 is 1.23 bits per heavy atom. The van der Waals surface area contributed by atoms with E-state index < -0.39 is 12.1 Å². The second-order valence-corrected chi connectivity index (χ2v) is 8.43. The van der Waals surface area contributed by atoms with E-state index >= 15 is 0 Å². The third-order valence-electron chi connectivity index (χ3n) is 5.30. The van der Waals surface area contributed by atoms with Gasteiger partial charge in [-0.2, -0.15) is 13.2 Å². The summed E-state index contributed by atoms with van der Waals surface area (Å²) in [7, 11) is 1.85. The van der Waals surface area contributed by atoms with Crippen LogP contribution in [0.4, 0.5) is 13.2 Å². The van der Waals surface area contributed by atoms with Crippen LogP contribution in [0.5, 0.6) is 0 Å². The first kappa shape index (κ1) is 24.7. The minimum Gasteiger partial charge on any atom is -0.475 e. The molecule has 0 aromatic carbocycles. The van der Waals surface area contributed by atoms with E-state index in [-0.39, 0.29) is 23.1 Å². The van der Waals surface area contributed by atoms with Crippen LogP contribution in [0.1, 0.15) is 26.0 Å². The quantitative estimate of drug-likeness (QED) is 0.763. The molecule has 0 radical (unpaired) electrons. The Labute approximate surface area is 178 Å². The van der Waals surface area contributed by atoms with Gasteiger partial charge < -0.3 is 19.3 Å². The summed E-state index contributed by atoms with van der Waals surface area (Å²) in [6, 6.07) is 3.87. The van der Waals surface area contributed by atoms with Crippen molar-refractivity contribution in [3.8, 4) is 0 Å². The van der Waals surface area contributed by atoms with Gasteiger partial charge in [0.1, 0.15) is 5.76 Å². The Morgan fingerprint density at radius 2 is 1.87 bits per heavy atom. The lowest BCUT2D eigenvalue weighted by atomic mass is 9.85. The summed E-state index contributed by atoms with van der Waals surface area (Å²) < 4.78 is 37.2. The molecule has 11 heteroatoms. The molecular weight excluding hydrogens is 419 g/mol. The number of amides is 2. The molecule has 1 atom stereocenters. The third-order valence-corrected chi connectivity index (χ3v) is 5.30. The summed E-state index contributed by atoms with van der Waals surface area (Å²) in [6.07, 6.45) is -2.88. The fourth-order valence-electron chi connectivity index (χ4n) is 3.98. The Bertz CT molecular complexity index is 782. The fourth-order valence-corrected chi connectivity index (χ4v) is 3.98. The Kier molecular flexibility index (Phi) is 7.74. The molecule has 3 heterocycles. The summed E-state index contributed by atoms with van der Waals surface area (Å²) in [6.45, 7) is 8.29. The van der Waals surface area contributed by atoms with Crippen LogP contribution in [0.2, 0.25) is 0 Å². The van der Waals surface area contributed by atoms with E-state index in [1.165, 1.54) is 0 Å². The van der Waals surface area contributed by atoms with Crippen LogP contribution in [0.15, 0.2) is 22.8 Å². The lowest BCUT2D eigenvalue weighted by Gasteiger charge is -2.33. The summed E-state index contributed by atoms with van der Waals surface area (Å²) >= 11 is 0. The average molecular weight is 447 g/mol. The van der Waals surface area contributed by atoms with Crippen LogP contribution in [-0.2, 0) is 20.9 Å². The smallest absolute Gasteiger partial charge is 0.475 e. The maximum Gasteiger partial charge on any atom is 0.490 e. The van der Waals surface area contributed by atoms with Gasteiger partial charge in [-0.3, -0.25) is 14.5 Å². The van der Waals surface area contributed by atoms with Gasteiger partial charge in [-0.25, -0.2) is 4.79 Å². The molecule has 2 saturated heterocycles. The number of likely N-dealkylation sites (tertiary alicyclic amines) is 1. The van der Waals surface area contributed by atoms with Crippen molar-refractivity contribution in [2.45, 2.75) is 33.0 Å². The number of nitrogens with zero attached hydrogens (tertiary/aromatic N) is 3. The molecule has 2 amide bonds. The summed E-state index contributed by atoms with van der Waals surface area (Å²) in [4.78, 5) is 39.7. The summed E-state index contributed by atoms with van der Waals surface area (Å²) in [5, 5.41) is 7.12. The minimum atomic E-state index is -5.08. The monoisotopic (exact) mass is 447 g/mol. The van der Waals surface area contributed by atoms with Crippen molar-refractivity contribution in [1.29, 1.82) is 0 Å². The molecule has 0 aliphatic carbocycles. The van der Waals surface area contributed by atoms with Crippen LogP contribution in [-0.4, -0.2) is 83.5 Å². The number of aliphatic carboxylic acids is 1. The Hall–Kier alpha value is -2.56. The molecule has 2 aliphatic heterocycles. The van der Waals surface area contributed by atoms with Crippen molar-refractivity contribution in [2.24, 2.45) is 11.3 Å². The molecule has 0 saturated carbocycles. The average Bonchev–Trinajstić information content (AvgIpc) is 3.20. The third kappa shape index (κ3) is 6.71. The van der Waals surface area contributed by atoms with Gasteiger partial charge in [0.25, 0.3) is 0 Å². The van der Waals surface area contributed by atoms with E-state index in [0.29, 0.717) is 26.1 Å². The molecule has 1 unspecified atom stereocenters. The van der Waals surface area contributed by atoms with E-state index in [9.17, 15) is 22.8 Å². The van der Waals surface area contributed by atoms with Crippen LogP contribution in [0.3, 0.4) is 0 Å². The predicted molar refractivity (Wildman–Crippen MR) is 104 cm³/mol. The minimum absolute atomic E-state index is 0.0199. The van der Waals surface area contributed by atoms with Crippen molar-refractivity contribution in [3.63, 3.8) is 0 Å². The van der Waals surface area contributed by atoms with E-state index in [2.05, 4.69) is 4.90 Å². The highest BCUT2D eigenvalue weighted by atomic mass is 19.4. The van der Waals surface area contributed by atoms with Crippen molar-refractivity contribution in [1.82, 2.24) is 14.7 Å². The second kappa shape index (κ2) is 9.71. The molecule has 31 heavy (non-hydrogen) atoms. The van der Waals surface area contributed by atoms with Gasteiger partial charge in [0, 0.05) is 57.5 Å². The number of hydrogen-bond acceptors (Lipinski definition) is 5. The zero-order valence-electron chi connectivity index (χ0n) is 17.8. The van der Waals surface area contributed by atoms with Gasteiger partial charge in [0.15, 0.2) is 0 Å². The standard InChI is InChI=1S/C18H27N3O3.C2HF3O2/c1-14(2)17(23)21-7-6-20(10-15-5-4-8-24-15)12-18(13-21)9-16(22)19(3)11-18;3-2(4,5)1(6)7/h4-5,8,14H,6-7,9-13H2,1-3H3;(H,6,7). The molecule has 8 nitrogen and oxygen atoms in total. The number of alkyl halides is 3. The fraction of sp³-hybridized carbons (Fsp3) is 0.650. The maximum atomic E-state index is 12.6. The number of hydrogen-bond donors (Lipinski definition) is 1. The van der Waals surface area contributed by atoms with E-state index in [0.717, 1.165) is 25.4 Å². The number of carboxylic acid groups (broad SMARTS) is 1. The first-order chi connectivity index (χ1) is 14.3. The zero-order valence-corrected chi connectivity index (χ0v) is 17.8. The summed E-state index contributed by atoms with van der Waals surface area (Å²) in [5.74, 6) is -1.50. The maximum absolute atomic E-state index is 12.6. The highest BCUT2D eigenvalue weighted by Gasteiger charge is 2.46. The van der Waals surface area contributed by atoms with Crippen LogP contribution in [0.25, 0.3) is 0 Å². The molecule has 174 valence electrons. The van der Waals surface area contributed by atoms with Gasteiger partial charge in [0.05, 0.1) is 12.8 Å². The van der Waals surface area contributed by atoms with E-state index in [1.54, 1.807) is 11.2 Å². The molecule has 3 rings (SSSR count). The first-order valence-electron chi connectivity index (χ1n) is 9.90. The van der Waals surface area contributed by atoms with Gasteiger partial charge in [-0.1, -0.05) is 13.8 Å². The van der Waals surface area contributed by atoms with Crippen molar-refractivity contribution in [3.05, 3.63) is 24.2 Å². The lowest BCUT2D eigenvalue weighted by Crippen LogP contribution is -2.45. The molecule has 2 fully saturated rings. The van der Waals surface area contributed by atoms with Gasteiger partial charge in [0.2, 0.25) is 11.8 Å². The first-order valence-corrected chi connectivity index (χ1v) is 9.90. The predicted octanol–water partition coefficient (Wildman–Crippen LogP) is 2.06. The molecule has 1 aromatic rings. The van der Waals surface area contributed by atoms with Crippen LogP contribution < -0.4 is 0 Å². The molecule has 1 aromatic heterocycles. The number of rotatable bonds is 3. The topological polar surface area (TPSA) is 94.3 Å². The van der Waals surface area contributed by atoms with E-state index in [4.69, 9.17) is 14.3 Å². The number of carbonyl (C=O) groups excluding carboxylic acids is 2. The summed E-state index contributed by atoms with van der Waals surface area (Å²) in [5.41, 5.74) is -0.181. The van der Waals surface area contributed by atoms with Crippen LogP contribution >= 0.6 is 0 Å². The van der Waals surface area contributed by atoms with Crippen LogP contribution in [0, 0.1) is 11.3 Å². The lowest BCUT2D eigenvalue weighted by molar-refractivity contribution is -0.192. The van der Waals surface area contributed by atoms with Gasteiger partial charge in [-0.15, -0.1) is 0 Å². The molecule has 1 spiro atoms. The van der Waals surface area contributed by atoms with Crippen molar-refractivity contribution in [2.75, 3.05) is 39.8 Å². The molecule has 2 aliphatic rings. The highest BCUT2D eigenvalue weighted by Crippen LogP contribution is 2.35. The zero-order chi connectivity index (χ0) is 23.4. The van der Waals surface area contributed by atoms with Crippen molar-refractivity contribution >= 4 is 17.8 Å². The van der Waals surface area contributed by atoms with Gasteiger partial charge >= 0.3 is 12.1 Å². The second-order valence-electron chi connectivity index (χ2n) is 8.43. The Morgan fingerprint density at radius 3 is 2.32 bits per heavy atom. The SMILES string of the molecule is CC(C)C(=O)N1CCN(Cc2ccco2)CC2(CC(=O)N(C)C2)C1.O=C(O)C(F)(F)F. The normalized spacial score (nSPS) is 22.5. The number of carbonyl (C=O) groups is 3. The molecule has 0 bridgehead atoms. The number of furan rings is 1. The molecule has 1 N–H and O–H groups in total.